The van der Waals surface area contributed by atoms with Crippen molar-refractivity contribution in [3.63, 3.8) is 0 Å². The van der Waals surface area contributed by atoms with Gasteiger partial charge in [-0.3, -0.25) is 4.68 Å². The molecule has 1 atom stereocenters. The van der Waals surface area contributed by atoms with Crippen LogP contribution >= 0.6 is 0 Å². The quantitative estimate of drug-likeness (QED) is 0.852. The first-order valence-corrected chi connectivity index (χ1v) is 6.14. The normalized spacial score (nSPS) is 19.7. The summed E-state index contributed by atoms with van der Waals surface area (Å²) in [5, 5.41) is 8.02. The van der Waals surface area contributed by atoms with Crippen molar-refractivity contribution in [2.75, 3.05) is 13.1 Å². The van der Waals surface area contributed by atoms with Crippen LogP contribution in [-0.2, 0) is 7.05 Å². The highest BCUT2D eigenvalue weighted by Gasteiger charge is 2.20. The van der Waals surface area contributed by atoms with Crippen LogP contribution in [0.25, 0.3) is 11.3 Å². The van der Waals surface area contributed by atoms with E-state index in [1.54, 1.807) is 0 Å². The molecular weight excluding hydrogens is 210 g/mol. The molecule has 1 saturated heterocycles. The smallest absolute Gasteiger partial charge is 0.0926 e. The van der Waals surface area contributed by atoms with Crippen LogP contribution in [0.4, 0.5) is 0 Å². The van der Waals surface area contributed by atoms with E-state index in [9.17, 15) is 0 Å². The molecule has 0 radical (unpaired) electrons. The highest BCUT2D eigenvalue weighted by atomic mass is 15.3. The van der Waals surface area contributed by atoms with Gasteiger partial charge in [0.2, 0.25) is 0 Å². The summed E-state index contributed by atoms with van der Waals surface area (Å²) in [6.45, 7) is 2.20. The van der Waals surface area contributed by atoms with Crippen LogP contribution in [-0.4, -0.2) is 22.9 Å². The third-order valence-corrected chi connectivity index (χ3v) is 3.46. The Kier molecular flexibility index (Phi) is 2.69. The standard InChI is InChI=1S/C14H17N3/c1-17-14(12-7-8-15-10-12)9-13(16-17)11-5-3-2-4-6-11/h2-6,9,12,15H,7-8,10H2,1H3. The summed E-state index contributed by atoms with van der Waals surface area (Å²) in [6, 6.07) is 12.6. The third kappa shape index (κ3) is 1.98. The van der Waals surface area contributed by atoms with Crippen LogP contribution in [0, 0.1) is 0 Å². The molecule has 3 rings (SSSR count). The summed E-state index contributed by atoms with van der Waals surface area (Å²) in [6.07, 6.45) is 1.22. The first-order chi connectivity index (χ1) is 8.34. The third-order valence-electron chi connectivity index (χ3n) is 3.46. The maximum absolute atomic E-state index is 4.61. The number of aryl methyl sites for hydroxylation is 1. The molecule has 0 bridgehead atoms. The Bertz CT molecular complexity index is 495. The van der Waals surface area contributed by atoms with Gasteiger partial charge in [0.1, 0.15) is 0 Å². The molecule has 0 spiro atoms. The fraction of sp³-hybridized carbons (Fsp3) is 0.357. The van der Waals surface area contributed by atoms with Crippen molar-refractivity contribution < 1.29 is 0 Å². The minimum absolute atomic E-state index is 0.616. The predicted molar refractivity (Wildman–Crippen MR) is 68.9 cm³/mol. The van der Waals surface area contributed by atoms with Crippen molar-refractivity contribution in [3.8, 4) is 11.3 Å². The Hall–Kier alpha value is -1.61. The van der Waals surface area contributed by atoms with Crippen LogP contribution in [0.5, 0.6) is 0 Å². The average molecular weight is 227 g/mol. The van der Waals surface area contributed by atoms with Gasteiger partial charge in [0.15, 0.2) is 0 Å². The molecule has 17 heavy (non-hydrogen) atoms. The number of rotatable bonds is 2. The molecule has 2 aromatic rings. The zero-order valence-corrected chi connectivity index (χ0v) is 10.1. The second kappa shape index (κ2) is 4.34. The van der Waals surface area contributed by atoms with Crippen LogP contribution in [0.1, 0.15) is 18.0 Å². The van der Waals surface area contributed by atoms with E-state index in [1.807, 2.05) is 17.8 Å². The van der Waals surface area contributed by atoms with E-state index in [4.69, 9.17) is 0 Å². The average Bonchev–Trinajstić information content (AvgIpc) is 2.99. The Morgan fingerprint density at radius 1 is 1.29 bits per heavy atom. The Morgan fingerprint density at radius 2 is 2.12 bits per heavy atom. The molecule has 1 aromatic carbocycles. The predicted octanol–water partition coefficient (Wildman–Crippen LogP) is 2.16. The van der Waals surface area contributed by atoms with Gasteiger partial charge in [-0.25, -0.2) is 0 Å². The largest absolute Gasteiger partial charge is 0.316 e. The van der Waals surface area contributed by atoms with E-state index < -0.39 is 0 Å². The Labute approximate surface area is 101 Å². The number of aromatic nitrogens is 2. The minimum atomic E-state index is 0.616. The number of hydrogen-bond donors (Lipinski definition) is 1. The Morgan fingerprint density at radius 3 is 2.82 bits per heavy atom. The lowest BCUT2D eigenvalue weighted by atomic mass is 10.0. The number of nitrogens with one attached hydrogen (secondary N) is 1. The summed E-state index contributed by atoms with van der Waals surface area (Å²) in [5.41, 5.74) is 3.61. The molecule has 3 nitrogen and oxygen atoms in total. The second-order valence-corrected chi connectivity index (χ2v) is 4.63. The van der Waals surface area contributed by atoms with Crippen molar-refractivity contribution in [2.45, 2.75) is 12.3 Å². The van der Waals surface area contributed by atoms with Gasteiger partial charge in [0.05, 0.1) is 5.69 Å². The fourth-order valence-corrected chi connectivity index (χ4v) is 2.52. The van der Waals surface area contributed by atoms with Gasteiger partial charge < -0.3 is 5.32 Å². The zero-order valence-electron chi connectivity index (χ0n) is 10.1. The lowest BCUT2D eigenvalue weighted by Crippen LogP contribution is -2.10. The molecule has 1 N–H and O–H groups in total. The van der Waals surface area contributed by atoms with Gasteiger partial charge in [-0.15, -0.1) is 0 Å². The van der Waals surface area contributed by atoms with Crippen LogP contribution < -0.4 is 5.32 Å². The molecule has 3 heteroatoms. The maximum Gasteiger partial charge on any atom is 0.0926 e. The zero-order chi connectivity index (χ0) is 11.7. The lowest BCUT2D eigenvalue weighted by molar-refractivity contribution is 0.638. The molecule has 1 aliphatic rings. The van der Waals surface area contributed by atoms with Crippen molar-refractivity contribution in [3.05, 3.63) is 42.1 Å². The van der Waals surface area contributed by atoms with E-state index in [1.165, 1.54) is 17.7 Å². The molecule has 1 unspecified atom stereocenters. The van der Waals surface area contributed by atoms with Crippen molar-refractivity contribution in [2.24, 2.45) is 7.05 Å². The van der Waals surface area contributed by atoms with Gasteiger partial charge >= 0.3 is 0 Å². The van der Waals surface area contributed by atoms with E-state index in [-0.39, 0.29) is 0 Å². The maximum atomic E-state index is 4.61. The van der Waals surface area contributed by atoms with Crippen LogP contribution in [0.15, 0.2) is 36.4 Å². The second-order valence-electron chi connectivity index (χ2n) is 4.63. The molecular formula is C14H17N3. The van der Waals surface area contributed by atoms with Gasteiger partial charge in [0.25, 0.3) is 0 Å². The summed E-state index contributed by atoms with van der Waals surface area (Å²) >= 11 is 0. The van der Waals surface area contributed by atoms with E-state index in [0.29, 0.717) is 5.92 Å². The Balaban J connectivity index is 1.95. The molecule has 0 amide bonds. The molecule has 1 fully saturated rings. The molecule has 0 saturated carbocycles. The monoisotopic (exact) mass is 227 g/mol. The van der Waals surface area contributed by atoms with Crippen LogP contribution in [0.3, 0.4) is 0 Å². The number of nitrogens with zero attached hydrogens (tertiary/aromatic N) is 2. The first kappa shape index (κ1) is 10.5. The summed E-state index contributed by atoms with van der Waals surface area (Å²) < 4.78 is 2.03. The first-order valence-electron chi connectivity index (χ1n) is 6.14. The van der Waals surface area contributed by atoms with Gasteiger partial charge in [-0.2, -0.15) is 5.10 Å². The molecule has 1 aliphatic heterocycles. The van der Waals surface area contributed by atoms with Gasteiger partial charge in [-0.05, 0) is 19.0 Å². The highest BCUT2D eigenvalue weighted by molar-refractivity contribution is 5.59. The molecule has 1 aromatic heterocycles. The lowest BCUT2D eigenvalue weighted by Gasteiger charge is -2.07. The SMILES string of the molecule is Cn1nc(-c2ccccc2)cc1C1CCNC1. The van der Waals surface area contributed by atoms with E-state index in [2.05, 4.69) is 40.7 Å². The summed E-state index contributed by atoms with van der Waals surface area (Å²) in [5.74, 6) is 0.616. The summed E-state index contributed by atoms with van der Waals surface area (Å²) in [7, 11) is 2.04. The summed E-state index contributed by atoms with van der Waals surface area (Å²) in [4.78, 5) is 0. The number of benzene rings is 1. The topological polar surface area (TPSA) is 29.9 Å². The number of hydrogen-bond acceptors (Lipinski definition) is 2. The molecule has 0 aliphatic carbocycles. The molecule has 88 valence electrons. The van der Waals surface area contributed by atoms with E-state index in [0.717, 1.165) is 18.8 Å². The van der Waals surface area contributed by atoms with Crippen molar-refractivity contribution >= 4 is 0 Å². The van der Waals surface area contributed by atoms with Crippen molar-refractivity contribution in [1.82, 2.24) is 15.1 Å². The minimum Gasteiger partial charge on any atom is -0.316 e. The van der Waals surface area contributed by atoms with Crippen molar-refractivity contribution in [1.29, 1.82) is 0 Å². The fourth-order valence-electron chi connectivity index (χ4n) is 2.52. The highest BCUT2D eigenvalue weighted by Crippen LogP contribution is 2.26. The van der Waals surface area contributed by atoms with Crippen LogP contribution in [0.2, 0.25) is 0 Å². The van der Waals surface area contributed by atoms with Gasteiger partial charge in [-0.1, -0.05) is 30.3 Å². The molecule has 2 heterocycles. The van der Waals surface area contributed by atoms with Gasteiger partial charge in [0, 0.05) is 30.8 Å². The van der Waals surface area contributed by atoms with E-state index >= 15 is 0 Å².